The van der Waals surface area contributed by atoms with Crippen LogP contribution in [0.4, 0.5) is 8.78 Å². The maximum absolute atomic E-state index is 12.6. The monoisotopic (exact) mass is 209 g/mol. The Hall–Kier alpha value is -1.52. The Kier molecular flexibility index (Phi) is 1.74. The van der Waals surface area contributed by atoms with Crippen molar-refractivity contribution in [3.05, 3.63) is 30.1 Å². The highest BCUT2D eigenvalue weighted by Gasteiger charge is 2.26. The van der Waals surface area contributed by atoms with Crippen LogP contribution in [0.1, 0.15) is 36.7 Å². The van der Waals surface area contributed by atoms with Crippen LogP contribution in [0.5, 0.6) is 0 Å². The van der Waals surface area contributed by atoms with Crippen LogP contribution in [0.15, 0.2) is 18.6 Å². The SMILES string of the molecule is FC(F)c1ncc2cnc(C3CC3)cn12. The van der Waals surface area contributed by atoms with E-state index >= 15 is 0 Å². The lowest BCUT2D eigenvalue weighted by Crippen LogP contribution is -1.98. The predicted octanol–water partition coefficient (Wildman–Crippen LogP) is 2.54. The minimum Gasteiger partial charge on any atom is -0.296 e. The molecule has 0 spiro atoms. The van der Waals surface area contributed by atoms with Crippen molar-refractivity contribution in [2.45, 2.75) is 25.2 Å². The number of hydrogen-bond acceptors (Lipinski definition) is 2. The molecule has 5 heteroatoms. The highest BCUT2D eigenvalue weighted by Crippen LogP contribution is 2.38. The molecule has 3 rings (SSSR count). The average molecular weight is 209 g/mol. The van der Waals surface area contributed by atoms with Gasteiger partial charge in [0.25, 0.3) is 6.43 Å². The quantitative estimate of drug-likeness (QED) is 0.760. The van der Waals surface area contributed by atoms with Crippen molar-refractivity contribution in [3.8, 4) is 0 Å². The van der Waals surface area contributed by atoms with E-state index in [1.54, 1.807) is 12.4 Å². The van der Waals surface area contributed by atoms with Gasteiger partial charge < -0.3 is 0 Å². The normalized spacial score (nSPS) is 16.5. The maximum Gasteiger partial charge on any atom is 0.295 e. The Morgan fingerprint density at radius 3 is 2.67 bits per heavy atom. The number of fused-ring (bicyclic) bond motifs is 1. The fourth-order valence-corrected chi connectivity index (χ4v) is 1.68. The second-order valence-corrected chi connectivity index (χ2v) is 3.80. The van der Waals surface area contributed by atoms with Gasteiger partial charge in [0.05, 0.1) is 23.6 Å². The largest absolute Gasteiger partial charge is 0.296 e. The van der Waals surface area contributed by atoms with Gasteiger partial charge in [0.1, 0.15) is 0 Å². The molecule has 15 heavy (non-hydrogen) atoms. The molecule has 1 fully saturated rings. The van der Waals surface area contributed by atoms with Gasteiger partial charge in [0.15, 0.2) is 5.82 Å². The standard InChI is InChI=1S/C10H9F2N3/c11-9(12)10-14-4-7-3-13-8(5-15(7)10)6-1-2-6/h3-6,9H,1-2H2. The van der Waals surface area contributed by atoms with Crippen molar-refractivity contribution in [1.82, 2.24) is 14.4 Å². The van der Waals surface area contributed by atoms with E-state index < -0.39 is 6.43 Å². The van der Waals surface area contributed by atoms with E-state index in [-0.39, 0.29) is 5.82 Å². The zero-order valence-electron chi connectivity index (χ0n) is 7.90. The molecule has 2 aromatic rings. The smallest absolute Gasteiger partial charge is 0.295 e. The first-order chi connectivity index (χ1) is 7.25. The van der Waals surface area contributed by atoms with Crippen molar-refractivity contribution < 1.29 is 8.78 Å². The molecule has 0 radical (unpaired) electrons. The predicted molar refractivity (Wildman–Crippen MR) is 49.9 cm³/mol. The molecule has 2 aromatic heterocycles. The van der Waals surface area contributed by atoms with Gasteiger partial charge in [-0.05, 0) is 12.8 Å². The summed E-state index contributed by atoms with van der Waals surface area (Å²) < 4.78 is 26.6. The molecule has 0 unspecified atom stereocenters. The van der Waals surface area contributed by atoms with Gasteiger partial charge in [-0.2, -0.15) is 0 Å². The van der Waals surface area contributed by atoms with Crippen molar-refractivity contribution in [1.29, 1.82) is 0 Å². The lowest BCUT2D eigenvalue weighted by Gasteiger charge is -2.02. The number of halogens is 2. The molecule has 0 bridgehead atoms. The van der Waals surface area contributed by atoms with Gasteiger partial charge in [0.2, 0.25) is 0 Å². The first kappa shape index (κ1) is 8.76. The lowest BCUT2D eigenvalue weighted by atomic mass is 10.3. The van der Waals surface area contributed by atoms with Gasteiger partial charge in [-0.15, -0.1) is 0 Å². The van der Waals surface area contributed by atoms with Crippen LogP contribution in [-0.2, 0) is 0 Å². The summed E-state index contributed by atoms with van der Waals surface area (Å²) in [6.07, 6.45) is 4.38. The fraction of sp³-hybridized carbons (Fsp3) is 0.400. The van der Waals surface area contributed by atoms with Gasteiger partial charge in [-0.1, -0.05) is 0 Å². The van der Waals surface area contributed by atoms with E-state index in [0.717, 1.165) is 18.5 Å². The average Bonchev–Trinajstić information content (AvgIpc) is 2.97. The molecule has 0 atom stereocenters. The van der Waals surface area contributed by atoms with Gasteiger partial charge >= 0.3 is 0 Å². The molecule has 0 N–H and O–H groups in total. The van der Waals surface area contributed by atoms with Crippen LogP contribution in [0, 0.1) is 0 Å². The maximum atomic E-state index is 12.6. The summed E-state index contributed by atoms with van der Waals surface area (Å²) >= 11 is 0. The van der Waals surface area contributed by atoms with E-state index in [4.69, 9.17) is 0 Å². The minimum absolute atomic E-state index is 0.200. The number of nitrogens with zero attached hydrogens (tertiary/aromatic N) is 3. The zero-order chi connectivity index (χ0) is 10.4. The molecule has 3 nitrogen and oxygen atoms in total. The van der Waals surface area contributed by atoms with E-state index in [1.165, 1.54) is 10.6 Å². The highest BCUT2D eigenvalue weighted by molar-refractivity contribution is 5.44. The first-order valence-electron chi connectivity index (χ1n) is 4.87. The molecule has 0 amide bonds. The molecule has 0 aromatic carbocycles. The highest BCUT2D eigenvalue weighted by atomic mass is 19.3. The van der Waals surface area contributed by atoms with Crippen molar-refractivity contribution in [3.63, 3.8) is 0 Å². The van der Waals surface area contributed by atoms with Crippen molar-refractivity contribution in [2.75, 3.05) is 0 Å². The first-order valence-corrected chi connectivity index (χ1v) is 4.87. The van der Waals surface area contributed by atoms with Crippen molar-refractivity contribution >= 4 is 5.52 Å². The molecular formula is C10H9F2N3. The van der Waals surface area contributed by atoms with Crippen LogP contribution >= 0.6 is 0 Å². The number of imidazole rings is 1. The van der Waals surface area contributed by atoms with E-state index in [1.807, 2.05) is 0 Å². The number of aromatic nitrogens is 3. The zero-order valence-corrected chi connectivity index (χ0v) is 7.90. The number of rotatable bonds is 2. The molecule has 2 heterocycles. The Balaban J connectivity index is 2.17. The molecule has 0 aliphatic heterocycles. The summed E-state index contributed by atoms with van der Waals surface area (Å²) in [5.74, 6) is 0.261. The van der Waals surface area contributed by atoms with Crippen molar-refractivity contribution in [2.24, 2.45) is 0 Å². The number of alkyl halides is 2. The second kappa shape index (κ2) is 2.98. The third kappa shape index (κ3) is 1.38. The van der Waals surface area contributed by atoms with E-state index in [9.17, 15) is 8.78 Å². The van der Waals surface area contributed by atoms with Gasteiger partial charge in [-0.3, -0.25) is 9.38 Å². The molecule has 0 saturated heterocycles. The topological polar surface area (TPSA) is 30.2 Å². The molecule has 1 aliphatic carbocycles. The van der Waals surface area contributed by atoms with E-state index in [0.29, 0.717) is 11.4 Å². The van der Waals surface area contributed by atoms with Gasteiger partial charge in [-0.25, -0.2) is 13.8 Å². The lowest BCUT2D eigenvalue weighted by molar-refractivity contribution is 0.139. The summed E-state index contributed by atoms with van der Waals surface area (Å²) in [6, 6.07) is 0. The minimum atomic E-state index is -2.54. The molecule has 1 aliphatic rings. The van der Waals surface area contributed by atoms with Crippen LogP contribution < -0.4 is 0 Å². The molecular weight excluding hydrogens is 200 g/mol. The second-order valence-electron chi connectivity index (χ2n) is 3.80. The Labute approximate surface area is 84.8 Å². The van der Waals surface area contributed by atoms with Crippen LogP contribution in [-0.4, -0.2) is 14.4 Å². The molecule has 1 saturated carbocycles. The van der Waals surface area contributed by atoms with E-state index in [2.05, 4.69) is 9.97 Å². The van der Waals surface area contributed by atoms with Crippen LogP contribution in [0.25, 0.3) is 5.52 Å². The fourth-order valence-electron chi connectivity index (χ4n) is 1.68. The third-order valence-electron chi connectivity index (χ3n) is 2.65. The third-order valence-corrected chi connectivity index (χ3v) is 2.65. The Morgan fingerprint density at radius 2 is 2.00 bits per heavy atom. The number of hydrogen-bond donors (Lipinski definition) is 0. The summed E-state index contributed by atoms with van der Waals surface area (Å²) in [6.45, 7) is 0. The summed E-state index contributed by atoms with van der Waals surface area (Å²) in [5.41, 5.74) is 1.51. The summed E-state index contributed by atoms with van der Waals surface area (Å²) in [4.78, 5) is 7.92. The summed E-state index contributed by atoms with van der Waals surface area (Å²) in [7, 11) is 0. The summed E-state index contributed by atoms with van der Waals surface area (Å²) in [5, 5.41) is 0. The van der Waals surface area contributed by atoms with Gasteiger partial charge in [0, 0.05) is 12.1 Å². The Morgan fingerprint density at radius 1 is 1.27 bits per heavy atom. The van der Waals surface area contributed by atoms with Crippen LogP contribution in [0.2, 0.25) is 0 Å². The molecule has 78 valence electrons. The Bertz CT molecular complexity index is 502. The van der Waals surface area contributed by atoms with Crippen LogP contribution in [0.3, 0.4) is 0 Å².